The molecular weight excluding hydrogens is 234 g/mol. The summed E-state index contributed by atoms with van der Waals surface area (Å²) < 4.78 is 6.15. The highest BCUT2D eigenvalue weighted by Gasteiger charge is 2.22. The van der Waals surface area contributed by atoms with Gasteiger partial charge in [0.15, 0.2) is 0 Å². The normalized spacial score (nSPS) is 19.8. The topological polar surface area (TPSA) is 21.3 Å². The molecule has 0 radical (unpaired) electrons. The van der Waals surface area contributed by atoms with E-state index in [9.17, 15) is 0 Å². The van der Waals surface area contributed by atoms with E-state index < -0.39 is 0 Å². The molecule has 2 aliphatic rings. The van der Waals surface area contributed by atoms with Gasteiger partial charge in [-0.05, 0) is 68.2 Å². The molecule has 0 aromatic heterocycles. The molecule has 0 saturated heterocycles. The monoisotopic (exact) mass is 259 g/mol. The van der Waals surface area contributed by atoms with Gasteiger partial charge in [0.1, 0.15) is 11.9 Å². The molecule has 2 nitrogen and oxygen atoms in total. The van der Waals surface area contributed by atoms with Crippen molar-refractivity contribution < 1.29 is 4.74 Å². The molecule has 1 aromatic carbocycles. The first-order valence-corrected chi connectivity index (χ1v) is 7.87. The SMILES string of the molecule is CCC(CNC1CC1)Oc1ccc2c(c1)CCCC2. The second-order valence-corrected chi connectivity index (χ2v) is 5.97. The molecule has 3 rings (SSSR count). The van der Waals surface area contributed by atoms with E-state index in [2.05, 4.69) is 30.4 Å². The number of hydrogen-bond donors (Lipinski definition) is 1. The Morgan fingerprint density at radius 2 is 2.00 bits per heavy atom. The number of ether oxygens (including phenoxy) is 1. The van der Waals surface area contributed by atoms with Crippen LogP contribution in [0.2, 0.25) is 0 Å². The van der Waals surface area contributed by atoms with E-state index in [-0.39, 0.29) is 0 Å². The molecule has 0 heterocycles. The summed E-state index contributed by atoms with van der Waals surface area (Å²) in [7, 11) is 0. The predicted molar refractivity (Wildman–Crippen MR) is 78.8 cm³/mol. The van der Waals surface area contributed by atoms with Crippen LogP contribution in [0.1, 0.15) is 50.2 Å². The molecule has 19 heavy (non-hydrogen) atoms. The van der Waals surface area contributed by atoms with Gasteiger partial charge in [0.05, 0.1) is 0 Å². The quantitative estimate of drug-likeness (QED) is 0.844. The largest absolute Gasteiger partial charge is 0.489 e. The fourth-order valence-corrected chi connectivity index (χ4v) is 2.83. The lowest BCUT2D eigenvalue weighted by atomic mass is 9.92. The summed E-state index contributed by atoms with van der Waals surface area (Å²) in [5.41, 5.74) is 3.04. The van der Waals surface area contributed by atoms with Gasteiger partial charge in [0.25, 0.3) is 0 Å². The Balaban J connectivity index is 1.60. The molecule has 1 atom stereocenters. The van der Waals surface area contributed by atoms with Crippen molar-refractivity contribution in [3.8, 4) is 5.75 Å². The van der Waals surface area contributed by atoms with Gasteiger partial charge >= 0.3 is 0 Å². The number of aryl methyl sites for hydroxylation is 2. The molecule has 0 amide bonds. The van der Waals surface area contributed by atoms with E-state index in [0.29, 0.717) is 6.10 Å². The lowest BCUT2D eigenvalue weighted by molar-refractivity contribution is 0.192. The molecule has 0 aliphatic heterocycles. The Labute approximate surface area is 116 Å². The van der Waals surface area contributed by atoms with Crippen molar-refractivity contribution in [1.82, 2.24) is 5.32 Å². The maximum atomic E-state index is 6.15. The Kier molecular flexibility index (Phi) is 4.07. The fourth-order valence-electron chi connectivity index (χ4n) is 2.83. The van der Waals surface area contributed by atoms with Gasteiger partial charge < -0.3 is 10.1 Å². The van der Waals surface area contributed by atoms with Crippen molar-refractivity contribution in [2.45, 2.75) is 64.0 Å². The van der Waals surface area contributed by atoms with Crippen LogP contribution in [-0.2, 0) is 12.8 Å². The van der Waals surface area contributed by atoms with E-state index in [1.54, 1.807) is 0 Å². The zero-order chi connectivity index (χ0) is 13.1. The summed E-state index contributed by atoms with van der Waals surface area (Å²) in [6, 6.07) is 7.46. The summed E-state index contributed by atoms with van der Waals surface area (Å²) in [4.78, 5) is 0. The highest BCUT2D eigenvalue weighted by Crippen LogP contribution is 2.26. The first-order valence-electron chi connectivity index (χ1n) is 7.87. The molecular formula is C17H25NO. The lowest BCUT2D eigenvalue weighted by Crippen LogP contribution is -2.32. The van der Waals surface area contributed by atoms with Crippen LogP contribution in [0, 0.1) is 0 Å². The van der Waals surface area contributed by atoms with Crippen molar-refractivity contribution in [3.63, 3.8) is 0 Å². The predicted octanol–water partition coefficient (Wildman–Crippen LogP) is 3.47. The Morgan fingerprint density at radius 1 is 1.21 bits per heavy atom. The maximum absolute atomic E-state index is 6.15. The standard InChI is InChI=1S/C17H25NO/c1-2-16(12-18-15-8-9-15)19-17-10-7-13-5-3-4-6-14(13)11-17/h7,10-11,15-16,18H,2-6,8-9,12H2,1H3. The molecule has 1 fully saturated rings. The van der Waals surface area contributed by atoms with Crippen molar-refractivity contribution >= 4 is 0 Å². The smallest absolute Gasteiger partial charge is 0.120 e. The van der Waals surface area contributed by atoms with E-state index in [4.69, 9.17) is 4.74 Å². The highest BCUT2D eigenvalue weighted by molar-refractivity contribution is 5.37. The third-order valence-corrected chi connectivity index (χ3v) is 4.29. The van der Waals surface area contributed by atoms with Gasteiger partial charge in [0, 0.05) is 12.6 Å². The van der Waals surface area contributed by atoms with Crippen molar-refractivity contribution in [2.75, 3.05) is 6.54 Å². The van der Waals surface area contributed by atoms with E-state index in [1.165, 1.54) is 49.7 Å². The summed E-state index contributed by atoms with van der Waals surface area (Å²) >= 11 is 0. The van der Waals surface area contributed by atoms with Gasteiger partial charge in [-0.15, -0.1) is 0 Å². The zero-order valence-corrected chi connectivity index (χ0v) is 12.0. The van der Waals surface area contributed by atoms with Crippen LogP contribution in [0.15, 0.2) is 18.2 Å². The van der Waals surface area contributed by atoms with Crippen LogP contribution in [0.25, 0.3) is 0 Å². The van der Waals surface area contributed by atoms with Gasteiger partial charge in [-0.25, -0.2) is 0 Å². The van der Waals surface area contributed by atoms with Crippen LogP contribution in [0.5, 0.6) is 5.75 Å². The molecule has 1 aromatic rings. The number of nitrogens with one attached hydrogen (secondary N) is 1. The first-order chi connectivity index (χ1) is 9.35. The van der Waals surface area contributed by atoms with Crippen LogP contribution in [0.3, 0.4) is 0 Å². The number of rotatable bonds is 6. The molecule has 2 aliphatic carbocycles. The van der Waals surface area contributed by atoms with Gasteiger partial charge in [-0.3, -0.25) is 0 Å². The minimum Gasteiger partial charge on any atom is -0.489 e. The van der Waals surface area contributed by atoms with Gasteiger partial charge in [0.2, 0.25) is 0 Å². The molecule has 1 saturated carbocycles. The molecule has 0 bridgehead atoms. The molecule has 1 N–H and O–H groups in total. The van der Waals surface area contributed by atoms with Crippen molar-refractivity contribution in [1.29, 1.82) is 0 Å². The van der Waals surface area contributed by atoms with Crippen molar-refractivity contribution in [2.24, 2.45) is 0 Å². The van der Waals surface area contributed by atoms with Crippen LogP contribution < -0.4 is 10.1 Å². The summed E-state index contributed by atoms with van der Waals surface area (Å²) in [5, 5.41) is 3.57. The Bertz CT molecular complexity index is 425. The van der Waals surface area contributed by atoms with Gasteiger partial charge in [-0.2, -0.15) is 0 Å². The Morgan fingerprint density at radius 3 is 2.74 bits per heavy atom. The molecule has 1 unspecified atom stereocenters. The summed E-state index contributed by atoms with van der Waals surface area (Å²) in [5.74, 6) is 1.06. The lowest BCUT2D eigenvalue weighted by Gasteiger charge is -2.21. The summed E-state index contributed by atoms with van der Waals surface area (Å²) in [6.45, 7) is 3.19. The number of hydrogen-bond acceptors (Lipinski definition) is 2. The third-order valence-electron chi connectivity index (χ3n) is 4.29. The van der Waals surface area contributed by atoms with Crippen LogP contribution >= 0.6 is 0 Å². The molecule has 2 heteroatoms. The summed E-state index contributed by atoms with van der Waals surface area (Å²) in [6.07, 6.45) is 9.20. The average Bonchev–Trinajstić information content (AvgIpc) is 3.27. The van der Waals surface area contributed by atoms with Crippen molar-refractivity contribution in [3.05, 3.63) is 29.3 Å². The van der Waals surface area contributed by atoms with Gasteiger partial charge in [-0.1, -0.05) is 13.0 Å². The number of fused-ring (bicyclic) bond motifs is 1. The van der Waals surface area contributed by atoms with E-state index in [0.717, 1.165) is 24.8 Å². The minimum absolute atomic E-state index is 0.308. The second kappa shape index (κ2) is 5.96. The molecule has 104 valence electrons. The number of benzene rings is 1. The van der Waals surface area contributed by atoms with E-state index in [1.807, 2.05) is 0 Å². The third kappa shape index (κ3) is 3.50. The first kappa shape index (κ1) is 13.0. The maximum Gasteiger partial charge on any atom is 0.120 e. The van der Waals surface area contributed by atoms with E-state index >= 15 is 0 Å². The molecule has 0 spiro atoms. The zero-order valence-electron chi connectivity index (χ0n) is 12.0. The van der Waals surface area contributed by atoms with Crippen LogP contribution in [0.4, 0.5) is 0 Å². The fraction of sp³-hybridized carbons (Fsp3) is 0.647. The highest BCUT2D eigenvalue weighted by atomic mass is 16.5. The Hall–Kier alpha value is -1.02. The minimum atomic E-state index is 0.308. The van der Waals surface area contributed by atoms with Crippen LogP contribution in [-0.4, -0.2) is 18.7 Å². The average molecular weight is 259 g/mol. The second-order valence-electron chi connectivity index (χ2n) is 5.97.